The van der Waals surface area contributed by atoms with Crippen molar-refractivity contribution in [1.82, 2.24) is 4.98 Å². The Morgan fingerprint density at radius 3 is 2.52 bits per heavy atom. The number of nitriles is 1. The van der Waals surface area contributed by atoms with Gasteiger partial charge in [0.15, 0.2) is 0 Å². The van der Waals surface area contributed by atoms with Gasteiger partial charge in [-0.25, -0.2) is 4.98 Å². The van der Waals surface area contributed by atoms with Crippen LogP contribution in [-0.4, -0.2) is 31.1 Å². The van der Waals surface area contributed by atoms with Gasteiger partial charge >= 0.3 is 0 Å². The first-order valence-electron chi connectivity index (χ1n) is 9.92. The third-order valence-electron chi connectivity index (χ3n) is 5.39. The monoisotopic (exact) mass is 392 g/mol. The Balaban J connectivity index is 1.64. The topological polar surface area (TPSA) is 78.2 Å². The molecule has 1 aromatic carbocycles. The lowest BCUT2D eigenvalue weighted by Gasteiger charge is -2.32. The highest BCUT2D eigenvalue weighted by Crippen LogP contribution is 2.32. The van der Waals surface area contributed by atoms with Gasteiger partial charge in [-0.2, -0.15) is 5.26 Å². The smallest absolute Gasteiger partial charge is 0.227 e. The van der Waals surface area contributed by atoms with Gasteiger partial charge in [-0.05, 0) is 48.1 Å². The van der Waals surface area contributed by atoms with E-state index in [1.54, 1.807) is 19.4 Å². The predicted octanol–water partition coefficient (Wildman–Crippen LogP) is 4.11. The third kappa shape index (κ3) is 4.86. The summed E-state index contributed by atoms with van der Waals surface area (Å²) in [5.41, 5.74) is 2.41. The van der Waals surface area contributed by atoms with Crippen LogP contribution >= 0.6 is 0 Å². The van der Waals surface area contributed by atoms with Crippen LogP contribution in [0.3, 0.4) is 0 Å². The first-order chi connectivity index (χ1) is 13.8. The second kappa shape index (κ2) is 8.52. The standard InChI is InChI=1S/C23H28N4O2/c1-23(2,3)18-6-7-20(29-4)19(13-18)26-22(28)17-9-11-27(12-10-17)21-8-5-16(14-24)15-25-21/h5-8,13,15,17H,9-12H2,1-4H3,(H,26,28). The van der Waals surface area contributed by atoms with Crippen LogP contribution in [-0.2, 0) is 10.2 Å². The van der Waals surface area contributed by atoms with Gasteiger partial charge in [0.2, 0.25) is 5.91 Å². The van der Waals surface area contributed by atoms with Crippen molar-refractivity contribution in [2.75, 3.05) is 30.4 Å². The fraction of sp³-hybridized carbons (Fsp3) is 0.435. The molecule has 2 heterocycles. The van der Waals surface area contributed by atoms with Crippen LogP contribution in [0, 0.1) is 17.2 Å². The second-order valence-corrected chi connectivity index (χ2v) is 8.43. The first kappa shape index (κ1) is 20.7. The van der Waals surface area contributed by atoms with Crippen molar-refractivity contribution in [2.24, 2.45) is 5.92 Å². The Morgan fingerprint density at radius 2 is 1.97 bits per heavy atom. The Hall–Kier alpha value is -3.07. The molecule has 0 unspecified atom stereocenters. The molecule has 1 saturated heterocycles. The number of hydrogen-bond donors (Lipinski definition) is 1. The lowest BCUT2D eigenvalue weighted by atomic mass is 9.86. The highest BCUT2D eigenvalue weighted by Gasteiger charge is 2.26. The van der Waals surface area contributed by atoms with E-state index in [1.165, 1.54) is 0 Å². The van der Waals surface area contributed by atoms with Crippen molar-refractivity contribution in [3.8, 4) is 11.8 Å². The van der Waals surface area contributed by atoms with Crippen LogP contribution in [0.2, 0.25) is 0 Å². The van der Waals surface area contributed by atoms with Gasteiger partial charge in [0.05, 0.1) is 18.4 Å². The minimum absolute atomic E-state index is 0.00875. The summed E-state index contributed by atoms with van der Waals surface area (Å²) in [5.74, 6) is 1.50. The average Bonchev–Trinajstić information content (AvgIpc) is 2.73. The van der Waals surface area contributed by atoms with Crippen LogP contribution in [0.4, 0.5) is 11.5 Å². The zero-order valence-corrected chi connectivity index (χ0v) is 17.5. The molecule has 3 rings (SSSR count). The SMILES string of the molecule is COc1ccc(C(C)(C)C)cc1NC(=O)C1CCN(c2ccc(C#N)cn2)CC1. The van der Waals surface area contributed by atoms with Gasteiger partial charge in [0.25, 0.3) is 0 Å². The number of pyridine rings is 1. The van der Waals surface area contributed by atoms with Gasteiger partial charge in [0, 0.05) is 25.2 Å². The number of piperidine rings is 1. The van der Waals surface area contributed by atoms with Gasteiger partial charge < -0.3 is 15.0 Å². The Morgan fingerprint density at radius 1 is 1.24 bits per heavy atom. The highest BCUT2D eigenvalue weighted by atomic mass is 16.5. The number of ether oxygens (including phenoxy) is 1. The van der Waals surface area contributed by atoms with E-state index in [9.17, 15) is 4.79 Å². The second-order valence-electron chi connectivity index (χ2n) is 8.43. The number of rotatable bonds is 4. The van der Waals surface area contributed by atoms with E-state index in [2.05, 4.69) is 42.0 Å². The lowest BCUT2D eigenvalue weighted by molar-refractivity contribution is -0.120. The molecular formula is C23H28N4O2. The highest BCUT2D eigenvalue weighted by molar-refractivity contribution is 5.94. The van der Waals surface area contributed by atoms with Crippen LogP contribution in [0.15, 0.2) is 36.5 Å². The van der Waals surface area contributed by atoms with Crippen molar-refractivity contribution in [2.45, 2.75) is 39.0 Å². The molecule has 0 saturated carbocycles. The number of methoxy groups -OCH3 is 1. The van der Waals surface area contributed by atoms with Crippen LogP contribution < -0.4 is 15.0 Å². The molecule has 0 radical (unpaired) electrons. The number of carbonyl (C=O) groups excluding carboxylic acids is 1. The molecule has 1 N–H and O–H groups in total. The average molecular weight is 393 g/mol. The zero-order chi connectivity index (χ0) is 21.0. The summed E-state index contributed by atoms with van der Waals surface area (Å²) in [4.78, 5) is 19.4. The van der Waals surface area contributed by atoms with Crippen LogP contribution in [0.5, 0.6) is 5.75 Å². The maximum Gasteiger partial charge on any atom is 0.227 e. The van der Waals surface area contributed by atoms with Crippen molar-refractivity contribution >= 4 is 17.4 Å². The number of aromatic nitrogens is 1. The number of nitrogens with one attached hydrogen (secondary N) is 1. The summed E-state index contributed by atoms with van der Waals surface area (Å²) in [6.45, 7) is 7.96. The molecule has 0 atom stereocenters. The molecule has 1 aliphatic rings. The molecule has 0 bridgehead atoms. The minimum atomic E-state index is -0.0485. The summed E-state index contributed by atoms with van der Waals surface area (Å²) in [6, 6.07) is 11.7. The molecule has 0 aliphatic carbocycles. The molecule has 0 spiro atoms. The number of hydrogen-bond acceptors (Lipinski definition) is 5. The fourth-order valence-corrected chi connectivity index (χ4v) is 3.52. The molecule has 6 nitrogen and oxygen atoms in total. The summed E-state index contributed by atoms with van der Waals surface area (Å²) in [7, 11) is 1.62. The van der Waals surface area contributed by atoms with E-state index in [-0.39, 0.29) is 17.2 Å². The Kier molecular flexibility index (Phi) is 6.07. The Bertz CT molecular complexity index is 902. The molecule has 2 aromatic rings. The minimum Gasteiger partial charge on any atom is -0.495 e. The number of nitrogens with zero attached hydrogens (tertiary/aromatic N) is 3. The van der Waals surface area contributed by atoms with Gasteiger partial charge in [-0.15, -0.1) is 0 Å². The molecule has 29 heavy (non-hydrogen) atoms. The summed E-state index contributed by atoms with van der Waals surface area (Å²) >= 11 is 0. The summed E-state index contributed by atoms with van der Waals surface area (Å²) in [6.07, 6.45) is 3.10. The molecule has 152 valence electrons. The number of carbonyl (C=O) groups is 1. The summed E-state index contributed by atoms with van der Waals surface area (Å²) in [5, 5.41) is 12.0. The fourth-order valence-electron chi connectivity index (χ4n) is 3.52. The van der Waals surface area contributed by atoms with E-state index in [1.807, 2.05) is 24.3 Å². The van der Waals surface area contributed by atoms with Gasteiger partial charge in [-0.3, -0.25) is 4.79 Å². The van der Waals surface area contributed by atoms with E-state index < -0.39 is 0 Å². The maximum atomic E-state index is 12.9. The third-order valence-corrected chi connectivity index (χ3v) is 5.39. The van der Waals surface area contributed by atoms with Crippen molar-refractivity contribution in [1.29, 1.82) is 5.26 Å². The van der Waals surface area contributed by atoms with Crippen molar-refractivity contribution in [3.05, 3.63) is 47.7 Å². The van der Waals surface area contributed by atoms with Crippen LogP contribution in [0.25, 0.3) is 0 Å². The molecule has 6 heteroatoms. The molecule has 1 aromatic heterocycles. The predicted molar refractivity (Wildman–Crippen MR) is 114 cm³/mol. The van der Waals surface area contributed by atoms with E-state index in [0.717, 1.165) is 43.0 Å². The zero-order valence-electron chi connectivity index (χ0n) is 17.5. The Labute approximate surface area is 172 Å². The quantitative estimate of drug-likeness (QED) is 0.847. The molecular weight excluding hydrogens is 364 g/mol. The largest absolute Gasteiger partial charge is 0.495 e. The van der Waals surface area contributed by atoms with Gasteiger partial charge in [-0.1, -0.05) is 26.8 Å². The summed E-state index contributed by atoms with van der Waals surface area (Å²) < 4.78 is 5.44. The maximum absolute atomic E-state index is 12.9. The number of amides is 1. The van der Waals surface area contributed by atoms with Crippen LogP contribution in [0.1, 0.15) is 44.7 Å². The normalized spacial score (nSPS) is 14.9. The van der Waals surface area contributed by atoms with Crippen molar-refractivity contribution < 1.29 is 9.53 Å². The first-order valence-corrected chi connectivity index (χ1v) is 9.92. The van der Waals surface area contributed by atoms with Gasteiger partial charge in [0.1, 0.15) is 17.6 Å². The molecule has 1 fully saturated rings. The van der Waals surface area contributed by atoms with E-state index >= 15 is 0 Å². The van der Waals surface area contributed by atoms with E-state index in [4.69, 9.17) is 10.00 Å². The number of anilines is 2. The molecule has 1 amide bonds. The van der Waals surface area contributed by atoms with Crippen molar-refractivity contribution in [3.63, 3.8) is 0 Å². The lowest BCUT2D eigenvalue weighted by Crippen LogP contribution is -2.38. The number of benzene rings is 1. The molecule has 1 aliphatic heterocycles. The van der Waals surface area contributed by atoms with E-state index in [0.29, 0.717) is 11.3 Å².